The molecule has 204 valence electrons. The van der Waals surface area contributed by atoms with Gasteiger partial charge in [0.15, 0.2) is 6.61 Å². The van der Waals surface area contributed by atoms with E-state index in [1.54, 1.807) is 28.0 Å². The Hall–Kier alpha value is -3.14. The molecule has 0 aliphatic carbocycles. The van der Waals surface area contributed by atoms with Gasteiger partial charge in [-0.05, 0) is 30.9 Å². The average molecular weight is 588 g/mol. The number of thiophene rings is 1. The summed E-state index contributed by atoms with van der Waals surface area (Å²) >= 11 is 4.68. The molecular formula is C23H24F3N5O4S3. The number of thiazole rings is 1. The number of amidine groups is 1. The summed E-state index contributed by atoms with van der Waals surface area (Å²) in [5, 5.41) is 17.7. The zero-order valence-corrected chi connectivity index (χ0v) is 22.4. The summed E-state index contributed by atoms with van der Waals surface area (Å²) < 4.78 is 38.6. The number of carbonyl (C=O) groups is 2. The second-order valence-corrected chi connectivity index (χ2v) is 11.0. The fraction of sp³-hybridized carbons (Fsp3) is 0.304. The Kier molecular flexibility index (Phi) is 9.76. The molecule has 0 bridgehead atoms. The minimum Gasteiger partial charge on any atom is -0.484 e. The van der Waals surface area contributed by atoms with E-state index in [4.69, 9.17) is 36.5 Å². The number of nitrogens with two attached hydrogens (primary N) is 2. The number of carbonyl (C=O) groups excluding carboxylic acids is 1. The van der Waals surface area contributed by atoms with Crippen molar-refractivity contribution in [3.8, 4) is 27.6 Å². The van der Waals surface area contributed by atoms with Crippen LogP contribution in [0.3, 0.4) is 0 Å². The lowest BCUT2D eigenvalue weighted by Crippen LogP contribution is -2.35. The summed E-state index contributed by atoms with van der Waals surface area (Å²) in [7, 11) is 0. The van der Waals surface area contributed by atoms with Crippen LogP contribution in [0.1, 0.15) is 11.3 Å². The molecule has 3 heterocycles. The van der Waals surface area contributed by atoms with Gasteiger partial charge in [0, 0.05) is 35.6 Å². The van der Waals surface area contributed by atoms with Gasteiger partial charge in [-0.15, -0.1) is 34.4 Å². The van der Waals surface area contributed by atoms with Crippen molar-refractivity contribution >= 4 is 52.1 Å². The van der Waals surface area contributed by atoms with Gasteiger partial charge < -0.3 is 26.2 Å². The number of thioether (sulfide) groups is 1. The first-order chi connectivity index (χ1) is 17.9. The third kappa shape index (κ3) is 7.69. The number of likely N-dealkylation sites (tertiary alicyclic amines) is 1. The first kappa shape index (κ1) is 29.4. The molecule has 1 aliphatic heterocycles. The number of amides is 1. The number of alkyl halides is 3. The standard InChI is InChI=1S/C21H23N5O2S3.C2HF3O2/c1-29-21-15(8-17(31-21)19(23)24)20-25-16(11-30-20)12-3-2-4-14(7-12)28-10-18(27)26-6-5-13(22)9-26;3-2(4,5)1(6)7/h2-4,7-8,11,13H,5-6,9-10,22H2,1H3,(H3,23,24);(H,6,7). The van der Waals surface area contributed by atoms with Crippen LogP contribution in [0.15, 0.2) is 39.9 Å². The first-order valence-corrected chi connectivity index (χ1v) is 13.9. The molecule has 6 N–H and O–H groups in total. The van der Waals surface area contributed by atoms with Gasteiger partial charge in [-0.3, -0.25) is 10.2 Å². The van der Waals surface area contributed by atoms with Crippen molar-refractivity contribution in [1.29, 1.82) is 5.41 Å². The summed E-state index contributed by atoms with van der Waals surface area (Å²) in [5.74, 6) is -2.10. The molecule has 1 aliphatic rings. The summed E-state index contributed by atoms with van der Waals surface area (Å²) in [4.78, 5) is 28.5. The zero-order valence-electron chi connectivity index (χ0n) is 19.9. The SMILES string of the molecule is CSc1sc(C(=N)N)cc1-c1nc(-c2cccc(OCC(=O)N3CCC(N)C3)c2)cs1.O=C(O)C(F)(F)F. The highest BCUT2D eigenvalue weighted by atomic mass is 32.2. The highest BCUT2D eigenvalue weighted by Crippen LogP contribution is 2.40. The Balaban J connectivity index is 0.000000505. The number of hydrogen-bond acceptors (Lipinski definition) is 9. The van der Waals surface area contributed by atoms with Gasteiger partial charge in [0.2, 0.25) is 0 Å². The predicted molar refractivity (Wildman–Crippen MR) is 142 cm³/mol. The zero-order chi connectivity index (χ0) is 28.0. The second kappa shape index (κ2) is 12.6. The van der Waals surface area contributed by atoms with Gasteiger partial charge in [0.05, 0.1) is 14.8 Å². The molecule has 3 aromatic rings. The molecule has 1 saturated heterocycles. The summed E-state index contributed by atoms with van der Waals surface area (Å²) in [5.41, 5.74) is 14.3. The monoisotopic (exact) mass is 587 g/mol. The minimum absolute atomic E-state index is 0.00169. The number of carboxylic acids is 1. The first-order valence-electron chi connectivity index (χ1n) is 10.9. The maximum absolute atomic E-state index is 12.3. The van der Waals surface area contributed by atoms with E-state index >= 15 is 0 Å². The normalized spacial score (nSPS) is 15.1. The molecule has 1 amide bonds. The number of rotatable bonds is 7. The number of ether oxygens (including phenoxy) is 1. The summed E-state index contributed by atoms with van der Waals surface area (Å²) in [6, 6.07) is 9.59. The molecule has 0 saturated carbocycles. The van der Waals surface area contributed by atoms with Gasteiger partial charge in [-0.1, -0.05) is 12.1 Å². The van der Waals surface area contributed by atoms with Crippen molar-refractivity contribution in [2.75, 3.05) is 26.0 Å². The van der Waals surface area contributed by atoms with E-state index in [1.165, 1.54) is 11.3 Å². The van der Waals surface area contributed by atoms with Crippen LogP contribution in [0, 0.1) is 5.41 Å². The topological polar surface area (TPSA) is 156 Å². The number of hydrogen-bond donors (Lipinski definition) is 4. The third-order valence-electron chi connectivity index (χ3n) is 5.20. The van der Waals surface area contributed by atoms with Gasteiger partial charge in [-0.2, -0.15) is 13.2 Å². The Morgan fingerprint density at radius 1 is 1.34 bits per heavy atom. The van der Waals surface area contributed by atoms with Crippen molar-refractivity contribution < 1.29 is 32.6 Å². The summed E-state index contributed by atoms with van der Waals surface area (Å²) in [6.45, 7) is 1.28. The van der Waals surface area contributed by atoms with Gasteiger partial charge in [0.25, 0.3) is 5.91 Å². The molecule has 9 nitrogen and oxygen atoms in total. The molecule has 1 unspecified atom stereocenters. The average Bonchev–Trinajstić information content (AvgIpc) is 3.61. The molecule has 0 spiro atoms. The van der Waals surface area contributed by atoms with Crippen LogP contribution in [0.2, 0.25) is 0 Å². The van der Waals surface area contributed by atoms with Crippen LogP contribution in [0.5, 0.6) is 5.75 Å². The van der Waals surface area contributed by atoms with E-state index in [9.17, 15) is 18.0 Å². The van der Waals surface area contributed by atoms with E-state index in [1.807, 2.05) is 42.0 Å². The number of benzene rings is 1. The lowest BCUT2D eigenvalue weighted by atomic mass is 10.1. The van der Waals surface area contributed by atoms with E-state index < -0.39 is 12.1 Å². The quantitative estimate of drug-likeness (QED) is 0.183. The van der Waals surface area contributed by atoms with Gasteiger partial charge in [-0.25, -0.2) is 9.78 Å². The van der Waals surface area contributed by atoms with E-state index in [-0.39, 0.29) is 24.4 Å². The Morgan fingerprint density at radius 3 is 2.63 bits per heavy atom. The number of halogens is 3. The van der Waals surface area contributed by atoms with Crippen molar-refractivity contribution in [3.63, 3.8) is 0 Å². The number of nitrogen functional groups attached to an aromatic ring is 1. The number of nitrogens with zero attached hydrogens (tertiary/aromatic N) is 2. The Bertz CT molecular complexity index is 1310. The number of aromatic nitrogens is 1. The van der Waals surface area contributed by atoms with Crippen molar-refractivity contribution in [1.82, 2.24) is 9.88 Å². The van der Waals surface area contributed by atoms with E-state index in [2.05, 4.69) is 0 Å². The van der Waals surface area contributed by atoms with E-state index in [0.717, 1.165) is 37.3 Å². The Morgan fingerprint density at radius 2 is 2.05 bits per heavy atom. The smallest absolute Gasteiger partial charge is 0.484 e. The highest BCUT2D eigenvalue weighted by molar-refractivity contribution is 8.00. The van der Waals surface area contributed by atoms with Crippen LogP contribution in [0.25, 0.3) is 21.8 Å². The maximum Gasteiger partial charge on any atom is 0.490 e. The highest BCUT2D eigenvalue weighted by Gasteiger charge is 2.38. The van der Waals surface area contributed by atoms with Gasteiger partial charge in [0.1, 0.15) is 16.6 Å². The lowest BCUT2D eigenvalue weighted by molar-refractivity contribution is -0.192. The molecule has 2 aromatic heterocycles. The predicted octanol–water partition coefficient (Wildman–Crippen LogP) is 4.12. The van der Waals surface area contributed by atoms with Crippen LogP contribution < -0.4 is 16.2 Å². The molecule has 1 aromatic carbocycles. The van der Waals surface area contributed by atoms with Gasteiger partial charge >= 0.3 is 12.1 Å². The lowest BCUT2D eigenvalue weighted by Gasteiger charge is -2.16. The van der Waals surface area contributed by atoms with Crippen molar-refractivity contribution in [3.05, 3.63) is 40.6 Å². The third-order valence-corrected chi connectivity index (χ3v) is 8.37. The molecule has 15 heteroatoms. The largest absolute Gasteiger partial charge is 0.490 e. The molecule has 4 rings (SSSR count). The number of aliphatic carboxylic acids is 1. The van der Waals surface area contributed by atoms with Crippen LogP contribution in [-0.4, -0.2) is 70.9 Å². The van der Waals surface area contributed by atoms with Crippen LogP contribution in [-0.2, 0) is 9.59 Å². The Labute approximate surface area is 228 Å². The molecule has 1 atom stereocenters. The molecular weight excluding hydrogens is 563 g/mol. The van der Waals surface area contributed by atoms with Crippen LogP contribution in [0.4, 0.5) is 13.2 Å². The van der Waals surface area contributed by atoms with Crippen molar-refractivity contribution in [2.24, 2.45) is 11.5 Å². The van der Waals surface area contributed by atoms with E-state index in [0.29, 0.717) is 18.8 Å². The van der Waals surface area contributed by atoms with Crippen LogP contribution >= 0.6 is 34.4 Å². The minimum atomic E-state index is -5.08. The fourth-order valence-electron chi connectivity index (χ4n) is 3.33. The summed E-state index contributed by atoms with van der Waals surface area (Å²) in [6.07, 6.45) is -2.24. The molecule has 1 fully saturated rings. The fourth-order valence-corrected chi connectivity index (χ4v) is 6.04. The second-order valence-electron chi connectivity index (χ2n) is 7.98. The van der Waals surface area contributed by atoms with Crippen molar-refractivity contribution in [2.45, 2.75) is 22.8 Å². The molecule has 0 radical (unpaired) electrons. The number of nitrogens with one attached hydrogen (secondary N) is 1. The maximum atomic E-state index is 12.3. The number of carboxylic acid groups (broad SMARTS) is 1. The molecule has 38 heavy (non-hydrogen) atoms.